The second kappa shape index (κ2) is 13.1. The Kier molecular flexibility index (Phi) is 8.58. The van der Waals surface area contributed by atoms with E-state index in [1.807, 2.05) is 24.4 Å². The molecule has 4 heterocycles. The molecule has 1 saturated carbocycles. The SMILES string of the molecule is CC12CCC(c3c1n[n-]c3-c1cccc(C(c3ccccc3)(c3ccccc3)c3ccccn3)n1)C2(C)C.[Pt+2].c1ccc2c(c1)[n-]c1ccccc12. The minimum atomic E-state index is -0.687. The number of pyridine rings is 2. The molecule has 1 fully saturated rings. The van der Waals surface area contributed by atoms with Crippen LogP contribution in [0.25, 0.3) is 33.2 Å². The molecular weight excluding hydrogens is 818 g/mol. The Morgan fingerprint density at radius 2 is 1.21 bits per heavy atom. The third kappa shape index (κ3) is 5.04. The molecule has 2 bridgehead atoms. The van der Waals surface area contributed by atoms with Gasteiger partial charge in [0.15, 0.2) is 0 Å². The first kappa shape index (κ1) is 34.0. The fourth-order valence-electron chi connectivity index (χ4n) is 9.03. The van der Waals surface area contributed by atoms with Crippen molar-refractivity contribution >= 4 is 21.8 Å². The summed E-state index contributed by atoms with van der Waals surface area (Å²) in [6, 6.07) is 50.1. The van der Waals surface area contributed by atoms with Gasteiger partial charge in [-0.2, -0.15) is 0 Å². The summed E-state index contributed by atoms with van der Waals surface area (Å²) in [6.07, 6.45) is 4.23. The average molecular weight is 857 g/mol. The number of benzene rings is 4. The van der Waals surface area contributed by atoms with Crippen molar-refractivity contribution < 1.29 is 21.1 Å². The second-order valence-electron chi connectivity index (χ2n) is 14.7. The van der Waals surface area contributed by atoms with Crippen molar-refractivity contribution in [1.82, 2.24) is 25.1 Å². The molecule has 5 nitrogen and oxygen atoms in total. The van der Waals surface area contributed by atoms with E-state index < -0.39 is 5.41 Å². The van der Waals surface area contributed by atoms with E-state index in [0.717, 1.165) is 44.9 Å². The van der Waals surface area contributed by atoms with Gasteiger partial charge in [0.05, 0.1) is 17.1 Å². The fourth-order valence-corrected chi connectivity index (χ4v) is 9.03. The first-order valence-corrected chi connectivity index (χ1v) is 17.9. The number of fused-ring (bicyclic) bond motifs is 8. The molecule has 0 radical (unpaired) electrons. The molecule has 2 aliphatic carbocycles. The summed E-state index contributed by atoms with van der Waals surface area (Å²) in [5, 5.41) is 12.1. The Bertz CT molecular complexity index is 2340. The van der Waals surface area contributed by atoms with Crippen LogP contribution in [0, 0.1) is 5.41 Å². The molecule has 4 aromatic carbocycles. The second-order valence-corrected chi connectivity index (χ2v) is 14.7. The first-order valence-electron chi connectivity index (χ1n) is 17.9. The first-order chi connectivity index (χ1) is 24.9. The fraction of sp³-hybridized carbons (Fsp3) is 0.196. The molecule has 258 valence electrons. The Morgan fingerprint density at radius 1 is 0.635 bits per heavy atom. The average Bonchev–Trinajstić information content (AvgIpc) is 3.89. The third-order valence-corrected chi connectivity index (χ3v) is 12.0. The van der Waals surface area contributed by atoms with Crippen molar-refractivity contribution in [3.8, 4) is 11.4 Å². The maximum atomic E-state index is 5.41. The van der Waals surface area contributed by atoms with Gasteiger partial charge in [0.25, 0.3) is 0 Å². The van der Waals surface area contributed by atoms with Crippen LogP contribution in [0.3, 0.4) is 0 Å². The predicted molar refractivity (Wildman–Crippen MR) is 205 cm³/mol. The monoisotopic (exact) mass is 856 g/mol. The van der Waals surface area contributed by atoms with Crippen LogP contribution < -0.4 is 10.1 Å². The van der Waals surface area contributed by atoms with Gasteiger partial charge in [-0.1, -0.05) is 148 Å². The number of para-hydroxylation sites is 2. The minimum Gasteiger partial charge on any atom is -0.657 e. The van der Waals surface area contributed by atoms with Crippen molar-refractivity contribution in [2.45, 2.75) is 50.4 Å². The van der Waals surface area contributed by atoms with E-state index in [0.29, 0.717) is 5.92 Å². The molecule has 2 atom stereocenters. The molecule has 6 heteroatoms. The predicted octanol–water partition coefficient (Wildman–Crippen LogP) is 10.0. The molecule has 8 aromatic rings. The normalized spacial score (nSPS) is 18.4. The summed E-state index contributed by atoms with van der Waals surface area (Å²) in [5.41, 5.74) is 10.2. The van der Waals surface area contributed by atoms with Gasteiger partial charge in [-0.3, -0.25) is 9.97 Å². The summed E-state index contributed by atoms with van der Waals surface area (Å²) in [5.74, 6) is 0.460. The van der Waals surface area contributed by atoms with Gasteiger partial charge in [-0.15, -0.1) is 11.0 Å². The molecule has 0 amide bonds. The quantitative estimate of drug-likeness (QED) is 0.173. The number of nitrogens with zero attached hydrogens (tertiary/aromatic N) is 5. The summed E-state index contributed by atoms with van der Waals surface area (Å²) in [7, 11) is 0. The van der Waals surface area contributed by atoms with Crippen LogP contribution in [0.1, 0.15) is 73.3 Å². The van der Waals surface area contributed by atoms with Crippen LogP contribution in [-0.2, 0) is 31.9 Å². The van der Waals surface area contributed by atoms with Gasteiger partial charge >= 0.3 is 21.1 Å². The number of rotatable bonds is 5. The smallest absolute Gasteiger partial charge is 0.657 e. The zero-order valence-electron chi connectivity index (χ0n) is 29.5. The summed E-state index contributed by atoms with van der Waals surface area (Å²) < 4.78 is 0. The third-order valence-electron chi connectivity index (χ3n) is 12.0. The molecule has 0 N–H and O–H groups in total. The van der Waals surface area contributed by atoms with Crippen molar-refractivity contribution in [3.05, 3.63) is 186 Å². The zero-order valence-corrected chi connectivity index (χ0v) is 31.7. The topological polar surface area (TPSA) is 66.9 Å². The Balaban J connectivity index is 0.000000231. The van der Waals surface area contributed by atoms with E-state index >= 15 is 0 Å². The zero-order chi connectivity index (χ0) is 34.6. The van der Waals surface area contributed by atoms with Crippen LogP contribution in [-0.4, -0.2) is 15.1 Å². The Labute approximate surface area is 319 Å². The van der Waals surface area contributed by atoms with Gasteiger partial charge in [-0.25, -0.2) is 0 Å². The maximum Gasteiger partial charge on any atom is 2.00 e. The number of hydrogen-bond donors (Lipinski definition) is 0. The molecule has 0 spiro atoms. The van der Waals surface area contributed by atoms with Crippen molar-refractivity contribution in [1.29, 1.82) is 0 Å². The van der Waals surface area contributed by atoms with Gasteiger partial charge in [0.2, 0.25) is 0 Å². The van der Waals surface area contributed by atoms with Gasteiger partial charge < -0.3 is 15.2 Å². The molecule has 2 aliphatic rings. The van der Waals surface area contributed by atoms with Gasteiger partial charge in [-0.05, 0) is 75.9 Å². The van der Waals surface area contributed by atoms with Crippen LogP contribution in [0.2, 0.25) is 0 Å². The minimum absolute atomic E-state index is 0. The Hall–Kier alpha value is -5.12. The molecule has 4 aromatic heterocycles. The maximum absolute atomic E-state index is 5.41. The molecule has 0 saturated heterocycles. The van der Waals surface area contributed by atoms with Crippen LogP contribution in [0.15, 0.2) is 152 Å². The summed E-state index contributed by atoms with van der Waals surface area (Å²) in [4.78, 5) is 14.8. The van der Waals surface area contributed by atoms with E-state index in [-0.39, 0.29) is 31.9 Å². The van der Waals surface area contributed by atoms with Gasteiger partial charge in [0.1, 0.15) is 5.41 Å². The molecule has 0 aliphatic heterocycles. The van der Waals surface area contributed by atoms with Gasteiger partial charge in [0, 0.05) is 17.3 Å². The largest absolute Gasteiger partial charge is 2.00 e. The molecule has 10 rings (SSSR count). The van der Waals surface area contributed by atoms with Crippen molar-refractivity contribution in [3.63, 3.8) is 0 Å². The van der Waals surface area contributed by atoms with E-state index in [9.17, 15) is 0 Å². The molecule has 52 heavy (non-hydrogen) atoms. The standard InChI is InChI=1S/C34H31N4.C12H8N.Pt/c1-32(2)25-20-21-33(32,3)31-29(25)30(37-38-31)26-17-12-19-28(36-26)34(23-13-6-4-7-14-23,24-15-8-5-9-16-24)27-18-10-11-22-35-27;1-3-7-11-9(5-1)10-6-2-4-8-12(10)13-11;/h4-19,22,25H,20-21H2,1-3H3;1-8H;/q2*-1;+2. The van der Waals surface area contributed by atoms with Crippen LogP contribution in [0.5, 0.6) is 0 Å². The van der Waals surface area contributed by atoms with E-state index in [1.54, 1.807) is 0 Å². The van der Waals surface area contributed by atoms with Crippen molar-refractivity contribution in [2.75, 3.05) is 0 Å². The molecule has 2 unspecified atom stereocenters. The number of hydrogen-bond acceptors (Lipinski definition) is 3. The van der Waals surface area contributed by atoms with E-state index in [2.05, 4.69) is 153 Å². The molecular formula is C46H39N5Pt. The Morgan fingerprint density at radius 3 is 1.83 bits per heavy atom. The number of aromatic nitrogens is 5. The van der Waals surface area contributed by atoms with Crippen molar-refractivity contribution in [2.24, 2.45) is 5.41 Å². The van der Waals surface area contributed by atoms with Crippen LogP contribution in [0.4, 0.5) is 0 Å². The summed E-state index contributed by atoms with van der Waals surface area (Å²) >= 11 is 0. The van der Waals surface area contributed by atoms with E-state index in [4.69, 9.17) is 20.2 Å². The van der Waals surface area contributed by atoms with Crippen LogP contribution >= 0.6 is 0 Å². The van der Waals surface area contributed by atoms with E-state index in [1.165, 1.54) is 34.9 Å². The summed E-state index contributed by atoms with van der Waals surface area (Å²) in [6.45, 7) is 7.17.